The Bertz CT molecular complexity index is 1030. The first-order chi connectivity index (χ1) is 16.3. The molecule has 0 spiro atoms. The number of benzene rings is 2. The van der Waals surface area contributed by atoms with Crippen molar-refractivity contribution in [3.8, 4) is 11.1 Å². The molecule has 2 amide bonds. The minimum Gasteiger partial charge on any atom is -0.480 e. The first-order valence-corrected chi connectivity index (χ1v) is 12.0. The zero-order valence-corrected chi connectivity index (χ0v) is 19.7. The monoisotopic (exact) mass is 464 g/mol. The molecule has 0 saturated heterocycles. The number of alkyl carbamates (subject to hydrolysis) is 1. The summed E-state index contributed by atoms with van der Waals surface area (Å²) in [6.07, 6.45) is 2.55. The van der Waals surface area contributed by atoms with Gasteiger partial charge in [-0.1, -0.05) is 81.6 Å². The predicted molar refractivity (Wildman–Crippen MR) is 128 cm³/mol. The molecular weight excluding hydrogens is 432 g/mol. The smallest absolute Gasteiger partial charge is 0.407 e. The van der Waals surface area contributed by atoms with Gasteiger partial charge in [0.2, 0.25) is 5.91 Å². The van der Waals surface area contributed by atoms with Gasteiger partial charge in [-0.2, -0.15) is 0 Å². The summed E-state index contributed by atoms with van der Waals surface area (Å²) < 4.78 is 5.59. The third kappa shape index (κ3) is 4.65. The molecule has 0 heterocycles. The molecule has 0 radical (unpaired) electrons. The van der Waals surface area contributed by atoms with Crippen LogP contribution in [0.1, 0.15) is 63.0 Å². The SMILES string of the molecule is CC(C)[C@H](NC(=O)OCC1c2ccccc2-c2ccccc21)C(=O)NC1(C(=O)O)CCCCC1. The molecule has 7 nitrogen and oxygen atoms in total. The fourth-order valence-electron chi connectivity index (χ4n) is 5.16. The lowest BCUT2D eigenvalue weighted by Crippen LogP contribution is -2.61. The van der Waals surface area contributed by atoms with E-state index in [0.717, 1.165) is 41.5 Å². The summed E-state index contributed by atoms with van der Waals surface area (Å²) >= 11 is 0. The van der Waals surface area contributed by atoms with Crippen molar-refractivity contribution in [3.63, 3.8) is 0 Å². The van der Waals surface area contributed by atoms with Gasteiger partial charge < -0.3 is 20.5 Å². The quantitative estimate of drug-likeness (QED) is 0.561. The van der Waals surface area contributed by atoms with Gasteiger partial charge in [-0.05, 0) is 41.0 Å². The van der Waals surface area contributed by atoms with Crippen molar-refractivity contribution in [3.05, 3.63) is 59.7 Å². The topological polar surface area (TPSA) is 105 Å². The summed E-state index contributed by atoms with van der Waals surface area (Å²) in [4.78, 5) is 37.7. The van der Waals surface area contributed by atoms with E-state index >= 15 is 0 Å². The van der Waals surface area contributed by atoms with E-state index in [1.54, 1.807) is 0 Å². The number of ether oxygens (including phenoxy) is 1. The summed E-state index contributed by atoms with van der Waals surface area (Å²) in [5.74, 6) is -1.84. The van der Waals surface area contributed by atoms with E-state index in [4.69, 9.17) is 4.74 Å². The number of carbonyl (C=O) groups excluding carboxylic acids is 2. The van der Waals surface area contributed by atoms with Crippen LogP contribution < -0.4 is 10.6 Å². The van der Waals surface area contributed by atoms with Crippen molar-refractivity contribution in [2.45, 2.75) is 63.5 Å². The Labute approximate surface area is 199 Å². The largest absolute Gasteiger partial charge is 0.480 e. The molecule has 0 bridgehead atoms. The number of carboxylic acid groups (broad SMARTS) is 1. The third-order valence-corrected chi connectivity index (χ3v) is 7.05. The Hall–Kier alpha value is -3.35. The molecule has 3 N–H and O–H groups in total. The Morgan fingerprint density at radius 3 is 2.06 bits per heavy atom. The summed E-state index contributed by atoms with van der Waals surface area (Å²) in [6, 6.07) is 15.3. The summed E-state index contributed by atoms with van der Waals surface area (Å²) in [7, 11) is 0. The van der Waals surface area contributed by atoms with Crippen LogP contribution in [0.2, 0.25) is 0 Å². The highest BCUT2D eigenvalue weighted by atomic mass is 16.5. The molecule has 2 aliphatic rings. The second kappa shape index (κ2) is 9.87. The second-order valence-electron chi connectivity index (χ2n) is 9.63. The molecular formula is C27H32N2O5. The highest BCUT2D eigenvalue weighted by Gasteiger charge is 2.42. The molecule has 0 aromatic heterocycles. The molecule has 34 heavy (non-hydrogen) atoms. The van der Waals surface area contributed by atoms with Crippen molar-refractivity contribution in [1.82, 2.24) is 10.6 Å². The molecule has 180 valence electrons. The van der Waals surface area contributed by atoms with Crippen LogP contribution in [0.5, 0.6) is 0 Å². The maximum absolute atomic E-state index is 13.0. The molecule has 0 aliphatic heterocycles. The molecule has 2 aliphatic carbocycles. The van der Waals surface area contributed by atoms with E-state index in [9.17, 15) is 19.5 Å². The third-order valence-electron chi connectivity index (χ3n) is 7.05. The fourth-order valence-corrected chi connectivity index (χ4v) is 5.16. The normalized spacial score (nSPS) is 17.4. The number of carboxylic acids is 1. The van der Waals surface area contributed by atoms with Crippen molar-refractivity contribution in [2.75, 3.05) is 6.61 Å². The minimum atomic E-state index is -1.27. The number of nitrogens with one attached hydrogen (secondary N) is 2. The van der Waals surface area contributed by atoms with Gasteiger partial charge in [0.15, 0.2) is 0 Å². The average Bonchev–Trinajstić information content (AvgIpc) is 3.15. The highest BCUT2D eigenvalue weighted by molar-refractivity contribution is 5.91. The van der Waals surface area contributed by atoms with E-state index in [0.29, 0.717) is 12.8 Å². The van der Waals surface area contributed by atoms with Crippen LogP contribution in [0.4, 0.5) is 4.79 Å². The van der Waals surface area contributed by atoms with Gasteiger partial charge in [-0.25, -0.2) is 9.59 Å². The van der Waals surface area contributed by atoms with E-state index in [1.807, 2.05) is 50.2 Å². The Morgan fingerprint density at radius 2 is 1.53 bits per heavy atom. The molecule has 7 heteroatoms. The Morgan fingerprint density at radius 1 is 0.971 bits per heavy atom. The number of aliphatic carboxylic acids is 1. The van der Waals surface area contributed by atoms with E-state index in [1.165, 1.54) is 0 Å². The van der Waals surface area contributed by atoms with Crippen LogP contribution in [0.15, 0.2) is 48.5 Å². The standard InChI is InChI=1S/C27H32N2O5/c1-17(2)23(24(30)29-27(25(31)32)14-8-3-9-15-27)28-26(33)34-16-22-20-12-6-4-10-18(20)19-11-5-7-13-21(19)22/h4-7,10-13,17,22-23H,3,8-9,14-16H2,1-2H3,(H,28,33)(H,29,30)(H,31,32)/t23-/m0/s1. The molecule has 4 rings (SSSR count). The highest BCUT2D eigenvalue weighted by Crippen LogP contribution is 2.44. The first-order valence-electron chi connectivity index (χ1n) is 12.0. The van der Waals surface area contributed by atoms with Gasteiger partial charge in [0.05, 0.1) is 0 Å². The fraction of sp³-hybridized carbons (Fsp3) is 0.444. The number of amides is 2. The number of hydrogen-bond acceptors (Lipinski definition) is 4. The van der Waals surface area contributed by atoms with Crippen molar-refractivity contribution in [2.24, 2.45) is 5.92 Å². The van der Waals surface area contributed by atoms with Gasteiger partial charge in [0, 0.05) is 5.92 Å². The van der Waals surface area contributed by atoms with E-state index in [2.05, 4.69) is 22.8 Å². The van der Waals surface area contributed by atoms with Crippen LogP contribution in [0.25, 0.3) is 11.1 Å². The van der Waals surface area contributed by atoms with Gasteiger partial charge in [0.1, 0.15) is 18.2 Å². The molecule has 1 saturated carbocycles. The number of fused-ring (bicyclic) bond motifs is 3. The molecule has 2 aromatic carbocycles. The number of rotatable bonds is 7. The van der Waals surface area contributed by atoms with Crippen molar-refractivity contribution < 1.29 is 24.2 Å². The van der Waals surface area contributed by atoms with E-state index < -0.39 is 29.6 Å². The van der Waals surface area contributed by atoms with Crippen molar-refractivity contribution in [1.29, 1.82) is 0 Å². The summed E-state index contributed by atoms with van der Waals surface area (Å²) in [6.45, 7) is 3.76. The molecule has 2 aromatic rings. The molecule has 0 unspecified atom stereocenters. The Balaban J connectivity index is 1.42. The van der Waals surface area contributed by atoms with Gasteiger partial charge in [0.25, 0.3) is 0 Å². The van der Waals surface area contributed by atoms with E-state index in [-0.39, 0.29) is 18.4 Å². The van der Waals surface area contributed by atoms with Crippen LogP contribution in [-0.2, 0) is 14.3 Å². The van der Waals surface area contributed by atoms with Crippen LogP contribution >= 0.6 is 0 Å². The van der Waals surface area contributed by atoms with Gasteiger partial charge in [-0.3, -0.25) is 4.79 Å². The minimum absolute atomic E-state index is 0.0815. The Kier molecular flexibility index (Phi) is 6.91. The summed E-state index contributed by atoms with van der Waals surface area (Å²) in [5, 5.41) is 15.2. The van der Waals surface area contributed by atoms with Gasteiger partial charge in [-0.15, -0.1) is 0 Å². The van der Waals surface area contributed by atoms with Crippen molar-refractivity contribution >= 4 is 18.0 Å². The van der Waals surface area contributed by atoms with Crippen LogP contribution in [0, 0.1) is 5.92 Å². The molecule has 1 fully saturated rings. The lowest BCUT2D eigenvalue weighted by Gasteiger charge is -2.35. The zero-order valence-electron chi connectivity index (χ0n) is 19.7. The first kappa shape index (κ1) is 23.8. The predicted octanol–water partition coefficient (Wildman–Crippen LogP) is 4.45. The zero-order chi connectivity index (χ0) is 24.3. The van der Waals surface area contributed by atoms with Crippen LogP contribution in [0.3, 0.4) is 0 Å². The maximum Gasteiger partial charge on any atom is 0.407 e. The number of hydrogen-bond donors (Lipinski definition) is 3. The molecule has 1 atom stereocenters. The maximum atomic E-state index is 13.0. The number of carbonyl (C=O) groups is 3. The lowest BCUT2D eigenvalue weighted by atomic mass is 9.81. The average molecular weight is 465 g/mol. The second-order valence-corrected chi connectivity index (χ2v) is 9.63. The van der Waals surface area contributed by atoms with Crippen LogP contribution in [-0.4, -0.2) is 41.3 Å². The van der Waals surface area contributed by atoms with Gasteiger partial charge >= 0.3 is 12.1 Å². The summed E-state index contributed by atoms with van der Waals surface area (Å²) in [5.41, 5.74) is 3.22. The lowest BCUT2D eigenvalue weighted by molar-refractivity contribution is -0.149.